The average Bonchev–Trinajstić information content (AvgIpc) is 3.41. The van der Waals surface area contributed by atoms with Crippen LogP contribution in [-0.4, -0.2) is 17.0 Å². The first-order chi connectivity index (χ1) is 14.7. The van der Waals surface area contributed by atoms with Crippen LogP contribution in [0.25, 0.3) is 10.9 Å². The molecule has 2 aromatic heterocycles. The minimum Gasteiger partial charge on any atom is -0.356 e. The van der Waals surface area contributed by atoms with E-state index in [1.807, 2.05) is 30.3 Å². The number of benzene rings is 2. The molecule has 0 bridgehead atoms. The summed E-state index contributed by atoms with van der Waals surface area (Å²) in [6, 6.07) is 19.1. The summed E-state index contributed by atoms with van der Waals surface area (Å²) < 4.78 is 15.5. The van der Waals surface area contributed by atoms with E-state index in [0.29, 0.717) is 19.5 Å². The molecule has 0 unspecified atom stereocenters. The standard InChI is InChI=1S/C25H25FN2OS/c1-2-13-27-25(29)15-21(24-8-5-14-30-24)22-17-28(23-7-4-3-6-20(22)23)16-18-9-11-19(26)12-10-18/h3-12,14,17,21H,2,13,15-16H2,1H3,(H,27,29)/t21-/m1/s1. The number of nitrogens with zero attached hydrogens (tertiary/aromatic N) is 1. The first kappa shape index (κ1) is 20.4. The van der Waals surface area contributed by atoms with Gasteiger partial charge >= 0.3 is 0 Å². The SMILES string of the molecule is CCCNC(=O)C[C@@H](c1cccs1)c1cn(Cc2ccc(F)cc2)c2ccccc12. The van der Waals surface area contributed by atoms with Crippen molar-refractivity contribution in [2.75, 3.05) is 6.54 Å². The highest BCUT2D eigenvalue weighted by molar-refractivity contribution is 7.10. The van der Waals surface area contributed by atoms with Crippen LogP contribution in [0.3, 0.4) is 0 Å². The van der Waals surface area contributed by atoms with Gasteiger partial charge in [0.15, 0.2) is 0 Å². The van der Waals surface area contributed by atoms with Crippen LogP contribution in [0.4, 0.5) is 4.39 Å². The van der Waals surface area contributed by atoms with Gasteiger partial charge in [0.05, 0.1) is 0 Å². The van der Waals surface area contributed by atoms with Crippen molar-refractivity contribution in [3.8, 4) is 0 Å². The van der Waals surface area contributed by atoms with Crippen molar-refractivity contribution >= 4 is 28.1 Å². The summed E-state index contributed by atoms with van der Waals surface area (Å²) in [7, 11) is 0. The molecule has 4 aromatic rings. The van der Waals surface area contributed by atoms with E-state index in [4.69, 9.17) is 0 Å². The van der Waals surface area contributed by atoms with Gasteiger partial charge in [-0.2, -0.15) is 0 Å². The van der Waals surface area contributed by atoms with E-state index in [1.165, 1.54) is 17.0 Å². The number of amides is 1. The van der Waals surface area contributed by atoms with Gasteiger partial charge in [-0.15, -0.1) is 11.3 Å². The quantitative estimate of drug-likeness (QED) is 0.376. The Labute approximate surface area is 180 Å². The van der Waals surface area contributed by atoms with Gasteiger partial charge in [0.1, 0.15) is 5.82 Å². The molecule has 0 aliphatic rings. The van der Waals surface area contributed by atoms with Crippen LogP contribution in [0.15, 0.2) is 72.2 Å². The zero-order valence-electron chi connectivity index (χ0n) is 17.0. The normalized spacial score (nSPS) is 12.2. The molecule has 0 aliphatic heterocycles. The molecule has 1 atom stereocenters. The lowest BCUT2D eigenvalue weighted by Crippen LogP contribution is -2.25. The number of thiophene rings is 1. The van der Waals surface area contributed by atoms with Crippen molar-refractivity contribution in [1.29, 1.82) is 0 Å². The maximum absolute atomic E-state index is 13.3. The third kappa shape index (κ3) is 4.46. The van der Waals surface area contributed by atoms with Crippen LogP contribution in [0.1, 0.15) is 41.7 Å². The second-order valence-corrected chi connectivity index (χ2v) is 8.46. The molecule has 0 spiro atoms. The lowest BCUT2D eigenvalue weighted by atomic mass is 9.93. The molecule has 1 amide bonds. The smallest absolute Gasteiger partial charge is 0.220 e. The Bertz CT molecular complexity index is 1120. The Morgan fingerprint density at radius 3 is 2.63 bits per heavy atom. The molecular formula is C25H25FN2OS. The zero-order valence-corrected chi connectivity index (χ0v) is 17.8. The highest BCUT2D eigenvalue weighted by Crippen LogP contribution is 2.37. The molecule has 4 rings (SSSR count). The monoisotopic (exact) mass is 420 g/mol. The number of halogens is 1. The van der Waals surface area contributed by atoms with Crippen molar-refractivity contribution in [3.05, 3.63) is 94.1 Å². The molecular weight excluding hydrogens is 395 g/mol. The Morgan fingerprint density at radius 1 is 1.10 bits per heavy atom. The second kappa shape index (κ2) is 9.26. The average molecular weight is 421 g/mol. The van der Waals surface area contributed by atoms with Crippen LogP contribution in [0.5, 0.6) is 0 Å². The van der Waals surface area contributed by atoms with Gasteiger partial charge in [0.2, 0.25) is 5.91 Å². The molecule has 0 aliphatic carbocycles. The predicted molar refractivity (Wildman–Crippen MR) is 122 cm³/mol. The molecule has 0 fully saturated rings. The third-order valence-electron chi connectivity index (χ3n) is 5.31. The van der Waals surface area contributed by atoms with Crippen LogP contribution < -0.4 is 5.32 Å². The summed E-state index contributed by atoms with van der Waals surface area (Å²) in [6.45, 7) is 3.41. The summed E-state index contributed by atoms with van der Waals surface area (Å²) >= 11 is 1.68. The second-order valence-electron chi connectivity index (χ2n) is 7.48. The van der Waals surface area contributed by atoms with Crippen molar-refractivity contribution in [2.24, 2.45) is 0 Å². The van der Waals surface area contributed by atoms with Gasteiger partial charge in [-0.1, -0.05) is 43.3 Å². The minimum atomic E-state index is -0.229. The van der Waals surface area contributed by atoms with Gasteiger partial charge in [-0.25, -0.2) is 4.39 Å². The molecule has 0 saturated carbocycles. The fourth-order valence-electron chi connectivity index (χ4n) is 3.85. The maximum Gasteiger partial charge on any atom is 0.220 e. The lowest BCUT2D eigenvalue weighted by molar-refractivity contribution is -0.121. The lowest BCUT2D eigenvalue weighted by Gasteiger charge is -2.15. The molecule has 3 nitrogen and oxygen atoms in total. The highest BCUT2D eigenvalue weighted by atomic mass is 32.1. The number of hydrogen-bond acceptors (Lipinski definition) is 2. The Hall–Kier alpha value is -2.92. The molecule has 30 heavy (non-hydrogen) atoms. The molecule has 1 N–H and O–H groups in total. The fourth-order valence-corrected chi connectivity index (χ4v) is 4.69. The predicted octanol–water partition coefficient (Wildman–Crippen LogP) is 5.94. The van der Waals surface area contributed by atoms with Crippen molar-refractivity contribution in [2.45, 2.75) is 32.2 Å². The van der Waals surface area contributed by atoms with Crippen LogP contribution in [-0.2, 0) is 11.3 Å². The van der Waals surface area contributed by atoms with Crippen LogP contribution in [0.2, 0.25) is 0 Å². The summed E-state index contributed by atoms with van der Waals surface area (Å²) in [5.74, 6) is -0.153. The molecule has 2 aromatic carbocycles. The highest BCUT2D eigenvalue weighted by Gasteiger charge is 2.23. The van der Waals surface area contributed by atoms with Crippen LogP contribution in [0, 0.1) is 5.82 Å². The van der Waals surface area contributed by atoms with E-state index in [-0.39, 0.29) is 17.6 Å². The number of fused-ring (bicyclic) bond motifs is 1. The van der Waals surface area contributed by atoms with Crippen molar-refractivity contribution < 1.29 is 9.18 Å². The summed E-state index contributed by atoms with van der Waals surface area (Å²) in [6.07, 6.45) is 3.50. The molecule has 0 saturated heterocycles. The van der Waals surface area contributed by atoms with Gasteiger partial charge in [-0.3, -0.25) is 4.79 Å². The molecule has 154 valence electrons. The van der Waals surface area contributed by atoms with E-state index in [1.54, 1.807) is 11.3 Å². The van der Waals surface area contributed by atoms with E-state index in [0.717, 1.165) is 28.5 Å². The number of aromatic nitrogens is 1. The zero-order chi connectivity index (χ0) is 20.9. The van der Waals surface area contributed by atoms with Gasteiger partial charge in [0.25, 0.3) is 0 Å². The fraction of sp³-hybridized carbons (Fsp3) is 0.240. The van der Waals surface area contributed by atoms with Crippen molar-refractivity contribution in [3.63, 3.8) is 0 Å². The number of nitrogens with one attached hydrogen (secondary N) is 1. The number of carbonyl (C=O) groups is 1. The topological polar surface area (TPSA) is 34.0 Å². The molecule has 0 radical (unpaired) electrons. The molecule has 2 heterocycles. The summed E-state index contributed by atoms with van der Waals surface area (Å²) in [4.78, 5) is 13.8. The first-order valence-electron chi connectivity index (χ1n) is 10.3. The van der Waals surface area contributed by atoms with Gasteiger partial charge < -0.3 is 9.88 Å². The van der Waals surface area contributed by atoms with E-state index in [9.17, 15) is 9.18 Å². The first-order valence-corrected chi connectivity index (χ1v) is 11.2. The Kier molecular flexibility index (Phi) is 6.29. The third-order valence-corrected chi connectivity index (χ3v) is 6.30. The van der Waals surface area contributed by atoms with E-state index < -0.39 is 0 Å². The van der Waals surface area contributed by atoms with Gasteiger partial charge in [0, 0.05) is 47.4 Å². The number of hydrogen-bond donors (Lipinski definition) is 1. The summed E-state index contributed by atoms with van der Waals surface area (Å²) in [5, 5.41) is 6.23. The van der Waals surface area contributed by atoms with Crippen molar-refractivity contribution in [1.82, 2.24) is 9.88 Å². The number of para-hydroxylation sites is 1. The Balaban J connectivity index is 1.73. The maximum atomic E-state index is 13.3. The largest absolute Gasteiger partial charge is 0.356 e. The summed E-state index contributed by atoms with van der Waals surface area (Å²) in [5.41, 5.74) is 3.31. The molecule has 5 heteroatoms. The van der Waals surface area contributed by atoms with E-state index >= 15 is 0 Å². The van der Waals surface area contributed by atoms with Crippen LogP contribution >= 0.6 is 11.3 Å². The minimum absolute atomic E-state index is 0.00113. The Morgan fingerprint density at radius 2 is 1.90 bits per heavy atom. The number of rotatable bonds is 8. The van der Waals surface area contributed by atoms with Gasteiger partial charge in [-0.05, 0) is 47.2 Å². The number of carbonyl (C=O) groups excluding carboxylic acids is 1. The van der Waals surface area contributed by atoms with E-state index in [2.05, 4.69) is 46.6 Å².